The number of hydrogen-bond acceptors (Lipinski definition) is 3. The van der Waals surface area contributed by atoms with Gasteiger partial charge in [-0.05, 0) is 54.6 Å². The second-order valence-corrected chi connectivity index (χ2v) is 5.82. The van der Waals surface area contributed by atoms with Gasteiger partial charge >= 0.3 is 0 Å². The molecule has 0 atom stereocenters. The van der Waals surface area contributed by atoms with Crippen LogP contribution in [0.2, 0.25) is 0 Å². The first kappa shape index (κ1) is 16.2. The highest BCUT2D eigenvalue weighted by atomic mass is 19.1. The average molecular weight is 326 g/mol. The summed E-state index contributed by atoms with van der Waals surface area (Å²) in [5, 5.41) is 0. The Morgan fingerprint density at radius 1 is 0.958 bits per heavy atom. The number of Topliss-reactive ketones (excluding diaryl/α,β-unsaturated/α-hetero) is 1. The summed E-state index contributed by atoms with van der Waals surface area (Å²) in [7, 11) is 1.90. The van der Waals surface area contributed by atoms with Crippen LogP contribution in [0.3, 0.4) is 0 Å². The number of nitrogens with zero attached hydrogens (tertiary/aromatic N) is 2. The third-order valence-corrected chi connectivity index (χ3v) is 3.74. The Bertz CT molecular complexity index is 808. The molecular formula is C19H16F2N2O. The van der Waals surface area contributed by atoms with Gasteiger partial charge in [0.2, 0.25) is 0 Å². The zero-order valence-corrected chi connectivity index (χ0v) is 13.2. The van der Waals surface area contributed by atoms with Crippen LogP contribution in [0.25, 0.3) is 12.2 Å². The first-order valence-corrected chi connectivity index (χ1v) is 7.52. The Kier molecular flexibility index (Phi) is 4.62. The molecule has 1 aromatic carbocycles. The molecule has 0 radical (unpaired) electrons. The predicted octanol–water partition coefficient (Wildman–Crippen LogP) is 3.34. The van der Waals surface area contributed by atoms with E-state index >= 15 is 0 Å². The number of benzene rings is 1. The molecule has 1 aliphatic rings. The molecule has 0 unspecified atom stereocenters. The highest BCUT2D eigenvalue weighted by molar-refractivity contribution is 6.14. The maximum atomic E-state index is 13.3. The van der Waals surface area contributed by atoms with Gasteiger partial charge in [-0.2, -0.15) is 0 Å². The van der Waals surface area contributed by atoms with Gasteiger partial charge in [-0.1, -0.05) is 0 Å². The smallest absolute Gasteiger partial charge is 0.187 e. The Hall–Kier alpha value is -2.66. The van der Waals surface area contributed by atoms with Crippen LogP contribution in [0.15, 0.2) is 53.9 Å². The summed E-state index contributed by atoms with van der Waals surface area (Å²) < 4.78 is 26.7. The number of hydrogen-bond donors (Lipinski definition) is 0. The van der Waals surface area contributed by atoms with Gasteiger partial charge in [-0.15, -0.1) is 0 Å². The molecule has 0 bridgehead atoms. The Morgan fingerprint density at radius 3 is 2.08 bits per heavy atom. The minimum absolute atomic E-state index is 0.102. The third kappa shape index (κ3) is 3.81. The molecule has 5 heteroatoms. The lowest BCUT2D eigenvalue weighted by molar-refractivity contribution is -0.113. The van der Waals surface area contributed by atoms with Crippen molar-refractivity contribution in [3.05, 3.63) is 76.6 Å². The van der Waals surface area contributed by atoms with Crippen molar-refractivity contribution in [1.29, 1.82) is 0 Å². The normalized spacial score (nSPS) is 19.2. The molecule has 1 fully saturated rings. The van der Waals surface area contributed by atoms with Crippen LogP contribution >= 0.6 is 0 Å². The van der Waals surface area contributed by atoms with E-state index in [1.807, 2.05) is 30.2 Å². The van der Waals surface area contributed by atoms with Crippen LogP contribution in [0.1, 0.15) is 11.1 Å². The summed E-state index contributed by atoms with van der Waals surface area (Å²) in [6, 6.07) is 6.88. The SMILES string of the molecule is CN1C/C(=C\c2ccncc2)C(=O)/C(=C/c2cc(F)cc(F)c2)C1. The molecule has 0 spiro atoms. The van der Waals surface area contributed by atoms with Gasteiger partial charge in [-0.3, -0.25) is 14.7 Å². The summed E-state index contributed by atoms with van der Waals surface area (Å²) in [5.41, 5.74) is 2.38. The predicted molar refractivity (Wildman–Crippen MR) is 89.1 cm³/mol. The van der Waals surface area contributed by atoms with Crippen LogP contribution in [-0.2, 0) is 4.79 Å². The monoisotopic (exact) mass is 326 g/mol. The number of carbonyl (C=O) groups is 1. The van der Waals surface area contributed by atoms with Crippen molar-refractivity contribution in [3.8, 4) is 0 Å². The molecule has 3 rings (SSSR count). The van der Waals surface area contributed by atoms with E-state index in [0.717, 1.165) is 11.6 Å². The second kappa shape index (κ2) is 6.84. The average Bonchev–Trinajstić information content (AvgIpc) is 2.52. The van der Waals surface area contributed by atoms with Gasteiger partial charge < -0.3 is 0 Å². The van der Waals surface area contributed by atoms with Crippen LogP contribution in [0.5, 0.6) is 0 Å². The van der Waals surface area contributed by atoms with E-state index < -0.39 is 11.6 Å². The number of ketones is 1. The molecule has 1 aromatic heterocycles. The maximum Gasteiger partial charge on any atom is 0.187 e. The quantitative estimate of drug-likeness (QED) is 0.794. The molecule has 0 N–H and O–H groups in total. The van der Waals surface area contributed by atoms with E-state index in [0.29, 0.717) is 29.8 Å². The molecule has 0 amide bonds. The molecule has 1 aliphatic heterocycles. The van der Waals surface area contributed by atoms with Gasteiger partial charge in [0.1, 0.15) is 11.6 Å². The Labute approximate surface area is 138 Å². The summed E-state index contributed by atoms with van der Waals surface area (Å²) in [5.74, 6) is -1.42. The lowest BCUT2D eigenvalue weighted by atomic mass is 9.95. The topological polar surface area (TPSA) is 33.2 Å². The van der Waals surface area contributed by atoms with Crippen molar-refractivity contribution in [2.75, 3.05) is 20.1 Å². The fraction of sp³-hybridized carbons (Fsp3) is 0.158. The van der Waals surface area contributed by atoms with E-state index in [4.69, 9.17) is 0 Å². The molecule has 122 valence electrons. The fourth-order valence-electron chi connectivity index (χ4n) is 2.73. The highest BCUT2D eigenvalue weighted by Gasteiger charge is 2.24. The largest absolute Gasteiger partial charge is 0.298 e. The minimum Gasteiger partial charge on any atom is -0.298 e. The molecule has 24 heavy (non-hydrogen) atoms. The van der Waals surface area contributed by atoms with Crippen molar-refractivity contribution in [1.82, 2.24) is 9.88 Å². The summed E-state index contributed by atoms with van der Waals surface area (Å²) in [4.78, 5) is 18.6. The van der Waals surface area contributed by atoms with Gasteiger partial charge in [0.25, 0.3) is 0 Å². The molecule has 0 saturated carbocycles. The van der Waals surface area contributed by atoms with E-state index in [1.165, 1.54) is 12.1 Å². The van der Waals surface area contributed by atoms with Crippen LogP contribution in [-0.4, -0.2) is 35.8 Å². The van der Waals surface area contributed by atoms with Crippen molar-refractivity contribution < 1.29 is 13.6 Å². The van der Waals surface area contributed by atoms with Crippen LogP contribution < -0.4 is 0 Å². The van der Waals surface area contributed by atoms with Gasteiger partial charge in [-0.25, -0.2) is 8.78 Å². The third-order valence-electron chi connectivity index (χ3n) is 3.74. The van der Waals surface area contributed by atoms with Crippen molar-refractivity contribution in [2.24, 2.45) is 0 Å². The maximum absolute atomic E-state index is 13.3. The number of piperidine rings is 1. The number of aromatic nitrogens is 1. The molecular weight excluding hydrogens is 310 g/mol. The number of pyridine rings is 1. The number of likely N-dealkylation sites (N-methyl/N-ethyl adjacent to an activating group) is 1. The Balaban J connectivity index is 1.95. The summed E-state index contributed by atoms with van der Waals surface area (Å²) in [6.45, 7) is 0.959. The van der Waals surface area contributed by atoms with E-state index in [-0.39, 0.29) is 5.78 Å². The summed E-state index contributed by atoms with van der Waals surface area (Å²) in [6.07, 6.45) is 6.69. The molecule has 3 nitrogen and oxygen atoms in total. The number of rotatable bonds is 2. The standard InChI is InChI=1S/C19H16F2N2O/c1-23-11-15(6-13-2-4-22-5-3-13)19(24)16(12-23)7-14-8-17(20)10-18(21)9-14/h2-10H,11-12H2,1H3/b15-6+,16-7+. The van der Waals surface area contributed by atoms with Crippen LogP contribution in [0, 0.1) is 11.6 Å². The molecule has 2 heterocycles. The zero-order chi connectivity index (χ0) is 17.1. The van der Waals surface area contributed by atoms with Gasteiger partial charge in [0.05, 0.1) is 0 Å². The van der Waals surface area contributed by atoms with E-state index in [1.54, 1.807) is 18.5 Å². The van der Waals surface area contributed by atoms with Crippen molar-refractivity contribution in [2.45, 2.75) is 0 Å². The van der Waals surface area contributed by atoms with Crippen molar-refractivity contribution >= 4 is 17.9 Å². The van der Waals surface area contributed by atoms with Crippen molar-refractivity contribution in [3.63, 3.8) is 0 Å². The van der Waals surface area contributed by atoms with Crippen LogP contribution in [0.4, 0.5) is 8.78 Å². The lowest BCUT2D eigenvalue weighted by Crippen LogP contribution is -2.34. The highest BCUT2D eigenvalue weighted by Crippen LogP contribution is 2.21. The van der Waals surface area contributed by atoms with E-state index in [9.17, 15) is 13.6 Å². The van der Waals surface area contributed by atoms with E-state index in [2.05, 4.69) is 4.98 Å². The van der Waals surface area contributed by atoms with Gasteiger partial charge in [0, 0.05) is 42.7 Å². The first-order chi connectivity index (χ1) is 11.5. The molecule has 1 saturated heterocycles. The minimum atomic E-state index is -0.661. The zero-order valence-electron chi connectivity index (χ0n) is 13.2. The lowest BCUT2D eigenvalue weighted by Gasteiger charge is -2.26. The van der Waals surface area contributed by atoms with Gasteiger partial charge in [0.15, 0.2) is 5.78 Å². The fourth-order valence-corrected chi connectivity index (χ4v) is 2.73. The molecule has 2 aromatic rings. The summed E-state index contributed by atoms with van der Waals surface area (Å²) >= 11 is 0. The number of carbonyl (C=O) groups excluding carboxylic acids is 1. The molecule has 0 aliphatic carbocycles. The second-order valence-electron chi connectivity index (χ2n) is 5.82. The number of likely N-dealkylation sites (tertiary alicyclic amines) is 1. The first-order valence-electron chi connectivity index (χ1n) is 7.52. The Morgan fingerprint density at radius 2 is 1.50 bits per heavy atom. The number of halogens is 2.